The number of ether oxygens (including phenoxy) is 1. The van der Waals surface area contributed by atoms with Gasteiger partial charge >= 0.3 is 0 Å². The fourth-order valence-electron chi connectivity index (χ4n) is 3.28. The lowest BCUT2D eigenvalue weighted by atomic mass is 10.0. The number of para-hydroxylation sites is 1. The van der Waals surface area contributed by atoms with E-state index in [0.29, 0.717) is 13.0 Å². The largest absolute Gasteiger partial charge is 0.494 e. The molecule has 0 unspecified atom stereocenters. The number of aromatic nitrogens is 2. The molecule has 0 saturated heterocycles. The maximum Gasteiger partial charge on any atom is 0.224 e. The van der Waals surface area contributed by atoms with Gasteiger partial charge in [-0.15, -0.1) is 0 Å². The molecule has 0 spiro atoms. The summed E-state index contributed by atoms with van der Waals surface area (Å²) in [6, 6.07) is 14.2. The molecule has 28 heavy (non-hydrogen) atoms. The summed E-state index contributed by atoms with van der Waals surface area (Å²) in [6.07, 6.45) is 6.10. The quantitative estimate of drug-likeness (QED) is 0.470. The normalized spacial score (nSPS) is 13.1. The number of rotatable bonds is 7. The molecule has 1 aromatic heterocycles. The minimum absolute atomic E-state index is 0.0854. The molecule has 6 heteroatoms. The Bertz CT molecular complexity index is 983. The summed E-state index contributed by atoms with van der Waals surface area (Å²) in [4.78, 5) is 15.9. The molecule has 1 aliphatic heterocycles. The predicted octanol–water partition coefficient (Wildman–Crippen LogP) is 4.63. The lowest BCUT2D eigenvalue weighted by Gasteiger charge is -2.17. The first kappa shape index (κ1) is 18.6. The second kappa shape index (κ2) is 8.52. The van der Waals surface area contributed by atoms with Gasteiger partial charge in [0.2, 0.25) is 5.91 Å². The van der Waals surface area contributed by atoms with Crippen LogP contribution in [0.25, 0.3) is 5.69 Å². The van der Waals surface area contributed by atoms with Crippen molar-refractivity contribution in [1.82, 2.24) is 9.55 Å². The standard InChI is InChI=1S/C22H23N3O2S/c1-16-5-2-3-6-20(16)25-12-11-23-22(25)28-14-4-13-27-18-8-9-19-17(15-18)7-10-21(26)24-19/h2-3,5-6,8-9,11-12,15H,4,7,10,13-14H2,1H3,(H,24,26). The number of anilines is 1. The van der Waals surface area contributed by atoms with Gasteiger partial charge in [0.25, 0.3) is 0 Å². The number of amides is 1. The first-order valence-electron chi connectivity index (χ1n) is 9.48. The van der Waals surface area contributed by atoms with Gasteiger partial charge in [0.05, 0.1) is 12.3 Å². The van der Waals surface area contributed by atoms with Crippen molar-refractivity contribution in [2.75, 3.05) is 17.7 Å². The van der Waals surface area contributed by atoms with Crippen LogP contribution in [-0.4, -0.2) is 27.8 Å². The zero-order chi connectivity index (χ0) is 19.3. The predicted molar refractivity (Wildman–Crippen MR) is 113 cm³/mol. The minimum Gasteiger partial charge on any atom is -0.494 e. The molecule has 2 aromatic carbocycles. The number of nitrogens with zero attached hydrogens (tertiary/aromatic N) is 2. The summed E-state index contributed by atoms with van der Waals surface area (Å²) in [5.41, 5.74) is 4.45. The van der Waals surface area contributed by atoms with Crippen LogP contribution in [0.3, 0.4) is 0 Å². The van der Waals surface area contributed by atoms with E-state index < -0.39 is 0 Å². The van der Waals surface area contributed by atoms with E-state index in [0.717, 1.165) is 40.8 Å². The van der Waals surface area contributed by atoms with Crippen LogP contribution in [0.2, 0.25) is 0 Å². The SMILES string of the molecule is Cc1ccccc1-n1ccnc1SCCCOc1ccc2c(c1)CCC(=O)N2. The Morgan fingerprint density at radius 3 is 3.00 bits per heavy atom. The van der Waals surface area contributed by atoms with Gasteiger partial charge in [0, 0.05) is 30.3 Å². The summed E-state index contributed by atoms with van der Waals surface area (Å²) in [7, 11) is 0. The van der Waals surface area contributed by atoms with Crippen LogP contribution >= 0.6 is 11.8 Å². The molecule has 0 bridgehead atoms. The molecular formula is C22H23N3O2S. The number of imidazole rings is 1. The second-order valence-electron chi connectivity index (χ2n) is 6.78. The van der Waals surface area contributed by atoms with Crippen LogP contribution in [0, 0.1) is 6.92 Å². The number of nitrogens with one attached hydrogen (secondary N) is 1. The van der Waals surface area contributed by atoms with Crippen LogP contribution in [0.5, 0.6) is 5.75 Å². The van der Waals surface area contributed by atoms with Crippen molar-refractivity contribution in [3.8, 4) is 11.4 Å². The van der Waals surface area contributed by atoms with Crippen molar-refractivity contribution in [3.05, 3.63) is 66.0 Å². The van der Waals surface area contributed by atoms with Crippen molar-refractivity contribution in [2.45, 2.75) is 31.3 Å². The van der Waals surface area contributed by atoms with Crippen LogP contribution < -0.4 is 10.1 Å². The van der Waals surface area contributed by atoms with E-state index in [2.05, 4.69) is 46.1 Å². The van der Waals surface area contributed by atoms with Gasteiger partial charge in [-0.25, -0.2) is 4.98 Å². The molecule has 0 atom stereocenters. The smallest absolute Gasteiger partial charge is 0.224 e. The Kier molecular flexibility index (Phi) is 5.67. The molecule has 1 N–H and O–H groups in total. The third-order valence-corrected chi connectivity index (χ3v) is 5.80. The van der Waals surface area contributed by atoms with Crippen LogP contribution in [0.15, 0.2) is 60.0 Å². The molecule has 1 aliphatic rings. The fraction of sp³-hybridized carbons (Fsp3) is 0.273. The number of hydrogen-bond acceptors (Lipinski definition) is 4. The van der Waals surface area contributed by atoms with Crippen molar-refractivity contribution in [1.29, 1.82) is 0 Å². The molecule has 144 valence electrons. The summed E-state index contributed by atoms with van der Waals surface area (Å²) in [5.74, 6) is 1.88. The summed E-state index contributed by atoms with van der Waals surface area (Å²) < 4.78 is 8.04. The maximum absolute atomic E-state index is 11.4. The number of aryl methyl sites for hydroxylation is 2. The van der Waals surface area contributed by atoms with Gasteiger partial charge in [-0.1, -0.05) is 30.0 Å². The highest BCUT2D eigenvalue weighted by Gasteiger charge is 2.15. The Balaban J connectivity index is 1.28. The van der Waals surface area contributed by atoms with Gasteiger partial charge in [-0.2, -0.15) is 0 Å². The number of thioether (sulfide) groups is 1. The number of benzene rings is 2. The van der Waals surface area contributed by atoms with Crippen LogP contribution in [0.4, 0.5) is 5.69 Å². The molecule has 4 rings (SSSR count). The maximum atomic E-state index is 11.4. The minimum atomic E-state index is 0.0854. The number of fused-ring (bicyclic) bond motifs is 1. The molecule has 2 heterocycles. The molecule has 0 aliphatic carbocycles. The average Bonchev–Trinajstić information content (AvgIpc) is 3.16. The van der Waals surface area contributed by atoms with E-state index in [9.17, 15) is 4.79 Å². The van der Waals surface area contributed by atoms with E-state index in [1.165, 1.54) is 11.3 Å². The number of hydrogen-bond donors (Lipinski definition) is 1. The summed E-state index contributed by atoms with van der Waals surface area (Å²) in [5, 5.41) is 3.89. The molecule has 1 amide bonds. The zero-order valence-electron chi connectivity index (χ0n) is 15.9. The van der Waals surface area contributed by atoms with Crippen molar-refractivity contribution in [2.24, 2.45) is 0 Å². The first-order chi connectivity index (χ1) is 13.7. The second-order valence-corrected chi connectivity index (χ2v) is 7.85. The topological polar surface area (TPSA) is 56.2 Å². The van der Waals surface area contributed by atoms with Crippen molar-refractivity contribution < 1.29 is 9.53 Å². The third-order valence-electron chi connectivity index (χ3n) is 4.74. The lowest BCUT2D eigenvalue weighted by molar-refractivity contribution is -0.116. The summed E-state index contributed by atoms with van der Waals surface area (Å²) >= 11 is 1.74. The van der Waals surface area contributed by atoms with E-state index in [1.807, 2.05) is 30.6 Å². The van der Waals surface area contributed by atoms with E-state index in [-0.39, 0.29) is 5.91 Å². The highest BCUT2D eigenvalue weighted by molar-refractivity contribution is 7.99. The van der Waals surface area contributed by atoms with E-state index in [4.69, 9.17) is 4.74 Å². The fourth-order valence-corrected chi connectivity index (χ4v) is 4.15. The Morgan fingerprint density at radius 1 is 1.21 bits per heavy atom. The molecule has 3 aromatic rings. The molecule has 5 nitrogen and oxygen atoms in total. The van der Waals surface area contributed by atoms with Crippen molar-refractivity contribution >= 4 is 23.4 Å². The number of carbonyl (C=O) groups excluding carboxylic acids is 1. The first-order valence-corrected chi connectivity index (χ1v) is 10.5. The monoisotopic (exact) mass is 393 g/mol. The van der Waals surface area contributed by atoms with E-state index in [1.54, 1.807) is 11.8 Å². The molecule has 0 radical (unpaired) electrons. The molecular weight excluding hydrogens is 370 g/mol. The lowest BCUT2D eigenvalue weighted by Crippen LogP contribution is -2.18. The number of carbonyl (C=O) groups is 1. The van der Waals surface area contributed by atoms with Gasteiger partial charge < -0.3 is 10.1 Å². The summed E-state index contributed by atoms with van der Waals surface area (Å²) in [6.45, 7) is 2.77. The van der Waals surface area contributed by atoms with Crippen LogP contribution in [0.1, 0.15) is 24.0 Å². The van der Waals surface area contributed by atoms with Gasteiger partial charge in [0.15, 0.2) is 5.16 Å². The Hall–Kier alpha value is -2.73. The van der Waals surface area contributed by atoms with Crippen molar-refractivity contribution in [3.63, 3.8) is 0 Å². The Labute approximate surface area is 169 Å². The highest BCUT2D eigenvalue weighted by Crippen LogP contribution is 2.27. The highest BCUT2D eigenvalue weighted by atomic mass is 32.2. The Morgan fingerprint density at radius 2 is 2.11 bits per heavy atom. The average molecular weight is 394 g/mol. The molecule has 0 saturated carbocycles. The van der Waals surface area contributed by atoms with Gasteiger partial charge in [-0.3, -0.25) is 9.36 Å². The van der Waals surface area contributed by atoms with Crippen LogP contribution in [-0.2, 0) is 11.2 Å². The van der Waals surface area contributed by atoms with Gasteiger partial charge in [0.1, 0.15) is 5.75 Å². The third kappa shape index (κ3) is 4.22. The van der Waals surface area contributed by atoms with Gasteiger partial charge in [-0.05, 0) is 55.2 Å². The van der Waals surface area contributed by atoms with E-state index >= 15 is 0 Å². The molecule has 0 fully saturated rings. The zero-order valence-corrected chi connectivity index (χ0v) is 16.7.